The van der Waals surface area contributed by atoms with Crippen molar-refractivity contribution in [2.75, 3.05) is 25.1 Å². The minimum absolute atomic E-state index is 0.402. The summed E-state index contributed by atoms with van der Waals surface area (Å²) in [6.07, 6.45) is 6.23. The van der Waals surface area contributed by atoms with Gasteiger partial charge in [-0.05, 0) is 55.2 Å². The first-order chi connectivity index (χ1) is 15.3. The van der Waals surface area contributed by atoms with Crippen molar-refractivity contribution in [3.8, 4) is 16.2 Å². The quantitative estimate of drug-likeness (QED) is 0.479. The van der Waals surface area contributed by atoms with Crippen LogP contribution in [0.3, 0.4) is 0 Å². The largest absolute Gasteiger partial charge is 0.497 e. The number of benzene rings is 1. The molecule has 3 aromatic heterocycles. The molecule has 0 N–H and O–H groups in total. The van der Waals surface area contributed by atoms with Crippen LogP contribution in [0.2, 0.25) is 0 Å². The molecule has 6 rings (SSSR count). The molecule has 31 heavy (non-hydrogen) atoms. The minimum atomic E-state index is 0.402. The molecule has 1 fully saturated rings. The molecule has 158 valence electrons. The van der Waals surface area contributed by atoms with Crippen LogP contribution in [0.15, 0.2) is 36.7 Å². The van der Waals surface area contributed by atoms with Crippen molar-refractivity contribution in [3.05, 3.63) is 48.3 Å². The zero-order valence-electron chi connectivity index (χ0n) is 17.5. The molecule has 0 bridgehead atoms. The highest BCUT2D eigenvalue weighted by atomic mass is 32.1. The average Bonchev–Trinajstić information content (AvgIpc) is 3.54. The van der Waals surface area contributed by atoms with Crippen LogP contribution in [-0.2, 0) is 13.0 Å². The maximum atomic E-state index is 5.29. The van der Waals surface area contributed by atoms with E-state index in [1.165, 1.54) is 16.9 Å². The Labute approximate surface area is 184 Å². The molecule has 1 atom stereocenters. The Morgan fingerprint density at radius 1 is 1.06 bits per heavy atom. The Kier molecular flexibility index (Phi) is 4.60. The first-order valence-electron chi connectivity index (χ1n) is 10.9. The molecule has 0 spiro atoms. The molecule has 7 nitrogen and oxygen atoms in total. The zero-order valence-corrected chi connectivity index (χ0v) is 18.3. The first-order valence-corrected chi connectivity index (χ1v) is 11.7. The molecule has 0 amide bonds. The second-order valence-corrected chi connectivity index (χ2v) is 9.32. The molecular weight excluding hydrogens is 408 g/mol. The molecule has 5 heterocycles. The molecule has 0 aliphatic carbocycles. The summed E-state index contributed by atoms with van der Waals surface area (Å²) < 4.78 is 8.79. The molecule has 4 aromatic rings. The van der Waals surface area contributed by atoms with Crippen LogP contribution in [0.25, 0.3) is 20.7 Å². The molecule has 2 aliphatic rings. The Morgan fingerprint density at radius 3 is 2.84 bits per heavy atom. The third kappa shape index (κ3) is 3.26. The van der Waals surface area contributed by atoms with Crippen molar-refractivity contribution in [2.24, 2.45) is 0 Å². The standard InChI is InChI=1S/C23H24N6OS/c1-30-17-8-6-15(7-9-17)19-12-18-21(31-19)23(25-14-24-18)28-10-2-4-16(13-28)22-27-26-20-5-3-11-29(20)22/h6-9,12,14,16H,2-5,10-11,13H2,1H3/t16-/m0/s1. The number of nitrogens with zero attached hydrogens (tertiary/aromatic N) is 6. The highest BCUT2D eigenvalue weighted by molar-refractivity contribution is 7.22. The average molecular weight is 433 g/mol. The Balaban J connectivity index is 1.32. The van der Waals surface area contributed by atoms with Gasteiger partial charge in [0.25, 0.3) is 0 Å². The Bertz CT molecular complexity index is 1230. The lowest BCUT2D eigenvalue weighted by Gasteiger charge is -2.33. The summed E-state index contributed by atoms with van der Waals surface area (Å²) in [4.78, 5) is 12.9. The monoisotopic (exact) mass is 432 g/mol. The third-order valence-corrected chi connectivity index (χ3v) is 7.56. The van der Waals surface area contributed by atoms with Crippen LogP contribution in [0.4, 0.5) is 5.82 Å². The zero-order chi connectivity index (χ0) is 20.8. The fraction of sp³-hybridized carbons (Fsp3) is 0.391. The summed E-state index contributed by atoms with van der Waals surface area (Å²) in [5.41, 5.74) is 2.18. The number of hydrogen-bond donors (Lipinski definition) is 0. The van der Waals surface area contributed by atoms with Gasteiger partial charge in [-0.3, -0.25) is 0 Å². The third-order valence-electron chi connectivity index (χ3n) is 6.39. The first kappa shape index (κ1) is 18.7. The van der Waals surface area contributed by atoms with E-state index in [1.807, 2.05) is 12.1 Å². The molecule has 0 unspecified atom stereocenters. The van der Waals surface area contributed by atoms with Gasteiger partial charge in [0.2, 0.25) is 0 Å². The lowest BCUT2D eigenvalue weighted by molar-refractivity contribution is 0.415. The Hall–Kier alpha value is -3.00. The van der Waals surface area contributed by atoms with Crippen molar-refractivity contribution >= 4 is 27.4 Å². The number of anilines is 1. The van der Waals surface area contributed by atoms with Crippen molar-refractivity contribution < 1.29 is 4.74 Å². The summed E-state index contributed by atoms with van der Waals surface area (Å²) in [7, 11) is 1.69. The van der Waals surface area contributed by atoms with Crippen molar-refractivity contribution in [1.82, 2.24) is 24.7 Å². The van der Waals surface area contributed by atoms with Gasteiger partial charge in [0, 0.05) is 36.9 Å². The molecule has 1 aromatic carbocycles. The summed E-state index contributed by atoms with van der Waals surface area (Å²) in [6.45, 7) is 3.00. The lowest BCUT2D eigenvalue weighted by atomic mass is 9.97. The van der Waals surface area contributed by atoms with Gasteiger partial charge in [-0.15, -0.1) is 21.5 Å². The van der Waals surface area contributed by atoms with Gasteiger partial charge in [0.15, 0.2) is 0 Å². The summed E-state index contributed by atoms with van der Waals surface area (Å²) >= 11 is 1.76. The number of aromatic nitrogens is 5. The predicted molar refractivity (Wildman–Crippen MR) is 122 cm³/mol. The number of aryl methyl sites for hydroxylation is 1. The van der Waals surface area contributed by atoms with Gasteiger partial charge in [0.05, 0.1) is 17.3 Å². The number of methoxy groups -OCH3 is 1. The molecule has 0 radical (unpaired) electrons. The molecular formula is C23H24N6OS. The van der Waals surface area contributed by atoms with E-state index in [0.29, 0.717) is 5.92 Å². The van der Waals surface area contributed by atoms with Crippen LogP contribution in [-0.4, -0.2) is 44.9 Å². The van der Waals surface area contributed by atoms with Crippen molar-refractivity contribution in [2.45, 2.75) is 38.1 Å². The van der Waals surface area contributed by atoms with Gasteiger partial charge >= 0.3 is 0 Å². The van der Waals surface area contributed by atoms with E-state index in [4.69, 9.17) is 9.72 Å². The van der Waals surface area contributed by atoms with Gasteiger partial charge in [-0.2, -0.15) is 0 Å². The number of rotatable bonds is 4. The molecule has 1 saturated heterocycles. The fourth-order valence-electron chi connectivity index (χ4n) is 4.82. The number of thiophene rings is 1. The SMILES string of the molecule is COc1ccc(-c2cc3ncnc(N4CCC[C@H](c5nnc6n5CCC6)C4)c3s2)cc1. The van der Waals surface area contributed by atoms with Crippen molar-refractivity contribution in [3.63, 3.8) is 0 Å². The number of piperidine rings is 1. The van der Waals surface area contributed by atoms with E-state index < -0.39 is 0 Å². The van der Waals surface area contributed by atoms with Gasteiger partial charge in [-0.1, -0.05) is 0 Å². The summed E-state index contributed by atoms with van der Waals surface area (Å²) in [5, 5.41) is 8.99. The van der Waals surface area contributed by atoms with Gasteiger partial charge in [-0.25, -0.2) is 9.97 Å². The van der Waals surface area contributed by atoms with Crippen LogP contribution in [0.1, 0.15) is 36.8 Å². The van der Waals surface area contributed by atoms with E-state index in [-0.39, 0.29) is 0 Å². The summed E-state index contributed by atoms with van der Waals surface area (Å²) in [5.74, 6) is 4.62. The van der Waals surface area contributed by atoms with Crippen LogP contribution in [0.5, 0.6) is 5.75 Å². The normalized spacial score (nSPS) is 18.5. The maximum Gasteiger partial charge on any atom is 0.150 e. The van der Waals surface area contributed by atoms with Crippen LogP contribution in [0, 0.1) is 0 Å². The second kappa shape index (κ2) is 7.60. The number of fused-ring (bicyclic) bond motifs is 2. The van der Waals surface area contributed by atoms with E-state index in [2.05, 4.69) is 42.8 Å². The topological polar surface area (TPSA) is 69.0 Å². The van der Waals surface area contributed by atoms with E-state index in [0.717, 1.165) is 72.3 Å². The summed E-state index contributed by atoms with van der Waals surface area (Å²) in [6, 6.07) is 10.4. The minimum Gasteiger partial charge on any atom is -0.497 e. The van der Waals surface area contributed by atoms with Gasteiger partial charge < -0.3 is 14.2 Å². The highest BCUT2D eigenvalue weighted by Gasteiger charge is 2.30. The maximum absolute atomic E-state index is 5.29. The van der Waals surface area contributed by atoms with Crippen LogP contribution >= 0.6 is 11.3 Å². The van der Waals surface area contributed by atoms with Crippen LogP contribution < -0.4 is 9.64 Å². The van der Waals surface area contributed by atoms with Crippen molar-refractivity contribution in [1.29, 1.82) is 0 Å². The second-order valence-electron chi connectivity index (χ2n) is 8.27. The van der Waals surface area contributed by atoms with E-state index in [1.54, 1.807) is 24.8 Å². The predicted octanol–water partition coefficient (Wildman–Crippen LogP) is 4.29. The number of hydrogen-bond acceptors (Lipinski definition) is 7. The lowest BCUT2D eigenvalue weighted by Crippen LogP contribution is -2.36. The van der Waals surface area contributed by atoms with Gasteiger partial charge in [0.1, 0.15) is 29.5 Å². The molecule has 0 saturated carbocycles. The Morgan fingerprint density at radius 2 is 1.97 bits per heavy atom. The highest BCUT2D eigenvalue weighted by Crippen LogP contribution is 2.39. The van der Waals surface area contributed by atoms with E-state index >= 15 is 0 Å². The fourth-order valence-corrected chi connectivity index (χ4v) is 5.95. The van der Waals surface area contributed by atoms with E-state index in [9.17, 15) is 0 Å². The number of ether oxygens (including phenoxy) is 1. The molecule has 2 aliphatic heterocycles. The smallest absolute Gasteiger partial charge is 0.150 e. The molecule has 8 heteroatoms.